The lowest BCUT2D eigenvalue weighted by Crippen LogP contribution is -2.35. The Bertz CT molecular complexity index is 318. The molecule has 4 nitrogen and oxygen atoms in total. The van der Waals surface area contributed by atoms with Gasteiger partial charge in [0.25, 0.3) is 0 Å². The van der Waals surface area contributed by atoms with Gasteiger partial charge in [-0.05, 0) is 31.7 Å². The summed E-state index contributed by atoms with van der Waals surface area (Å²) in [5.41, 5.74) is 6.76. The number of ether oxygens (including phenoxy) is 1. The number of nitrogens with zero attached hydrogens (tertiary/aromatic N) is 2. The highest BCUT2D eigenvalue weighted by Crippen LogP contribution is 2.29. The summed E-state index contributed by atoms with van der Waals surface area (Å²) < 4.78 is 7.99. The topological polar surface area (TPSA) is 53.1 Å². The van der Waals surface area contributed by atoms with Gasteiger partial charge in [-0.3, -0.25) is 0 Å². The Morgan fingerprint density at radius 1 is 1.56 bits per heavy atom. The molecule has 1 heterocycles. The van der Waals surface area contributed by atoms with Crippen molar-refractivity contribution in [2.24, 2.45) is 11.7 Å². The molecule has 1 saturated carbocycles. The fourth-order valence-electron chi connectivity index (χ4n) is 2.12. The molecule has 90 valence electrons. The molecule has 1 aliphatic carbocycles. The lowest BCUT2D eigenvalue weighted by atomic mass is 9.82. The quantitative estimate of drug-likeness (QED) is 0.796. The zero-order chi connectivity index (χ0) is 11.4. The van der Waals surface area contributed by atoms with E-state index in [0.717, 1.165) is 32.4 Å². The van der Waals surface area contributed by atoms with Gasteiger partial charge in [0.2, 0.25) is 0 Å². The van der Waals surface area contributed by atoms with Gasteiger partial charge in [0.1, 0.15) is 0 Å². The third kappa shape index (κ3) is 2.62. The summed E-state index contributed by atoms with van der Waals surface area (Å²) in [4.78, 5) is 4.16. The van der Waals surface area contributed by atoms with E-state index in [2.05, 4.69) is 16.5 Å². The van der Waals surface area contributed by atoms with Gasteiger partial charge in [0.15, 0.2) is 0 Å². The molecule has 0 unspecified atom stereocenters. The summed E-state index contributed by atoms with van der Waals surface area (Å²) in [6.45, 7) is 4.67. The molecule has 0 atom stereocenters. The lowest BCUT2D eigenvalue weighted by Gasteiger charge is -2.34. The summed E-state index contributed by atoms with van der Waals surface area (Å²) in [7, 11) is 0. The number of aryl methyl sites for hydroxylation is 1. The molecule has 0 radical (unpaired) electrons. The third-order valence-corrected chi connectivity index (χ3v) is 3.26. The predicted octanol–water partition coefficient (Wildman–Crippen LogP) is 1.55. The van der Waals surface area contributed by atoms with Crippen molar-refractivity contribution in [3.05, 3.63) is 18.2 Å². The molecule has 0 aromatic carbocycles. The van der Waals surface area contributed by atoms with Crippen LogP contribution in [0.3, 0.4) is 0 Å². The fraction of sp³-hybridized carbons (Fsp3) is 0.750. The Balaban J connectivity index is 1.75. The number of hydrogen-bond donors (Lipinski definition) is 1. The fourth-order valence-corrected chi connectivity index (χ4v) is 2.12. The monoisotopic (exact) mass is 223 g/mol. The van der Waals surface area contributed by atoms with Gasteiger partial charge < -0.3 is 15.0 Å². The van der Waals surface area contributed by atoms with Crippen LogP contribution in [0.25, 0.3) is 0 Å². The number of rotatable bonds is 6. The average Bonchev–Trinajstić information content (AvgIpc) is 2.64. The molecule has 0 aliphatic heterocycles. The van der Waals surface area contributed by atoms with Crippen LogP contribution >= 0.6 is 0 Å². The van der Waals surface area contributed by atoms with Crippen molar-refractivity contribution in [3.63, 3.8) is 0 Å². The first-order chi connectivity index (χ1) is 7.83. The van der Waals surface area contributed by atoms with E-state index in [-0.39, 0.29) is 0 Å². The van der Waals surface area contributed by atoms with Crippen LogP contribution < -0.4 is 5.73 Å². The van der Waals surface area contributed by atoms with Crippen molar-refractivity contribution in [3.8, 4) is 0 Å². The predicted molar refractivity (Wildman–Crippen MR) is 62.9 cm³/mol. The van der Waals surface area contributed by atoms with Crippen molar-refractivity contribution in [1.29, 1.82) is 0 Å². The summed E-state index contributed by atoms with van der Waals surface area (Å²) in [6, 6.07) is 0. The highest BCUT2D eigenvalue weighted by Gasteiger charge is 2.28. The van der Waals surface area contributed by atoms with Crippen LogP contribution in [0.1, 0.15) is 31.9 Å². The number of nitrogens with two attached hydrogens (primary N) is 1. The number of aromatic nitrogens is 2. The van der Waals surface area contributed by atoms with Crippen LogP contribution in [0.2, 0.25) is 0 Å². The molecule has 0 saturated heterocycles. The van der Waals surface area contributed by atoms with Crippen molar-refractivity contribution < 1.29 is 4.74 Å². The molecular formula is C12H21N3O. The van der Waals surface area contributed by atoms with E-state index >= 15 is 0 Å². The Morgan fingerprint density at radius 2 is 2.38 bits per heavy atom. The maximum atomic E-state index is 5.83. The Morgan fingerprint density at radius 3 is 3.06 bits per heavy atom. The summed E-state index contributed by atoms with van der Waals surface area (Å²) in [5, 5.41) is 0. The Kier molecular flexibility index (Phi) is 3.96. The molecule has 16 heavy (non-hydrogen) atoms. The maximum Gasteiger partial charge on any atom is 0.0948 e. The molecule has 0 bridgehead atoms. The number of imidazole rings is 1. The molecule has 2 N–H and O–H groups in total. The maximum absolute atomic E-state index is 5.83. The van der Waals surface area contributed by atoms with Crippen LogP contribution in [0.15, 0.2) is 12.5 Å². The highest BCUT2D eigenvalue weighted by molar-refractivity contribution is 4.96. The van der Waals surface area contributed by atoms with Crippen molar-refractivity contribution in [2.75, 3.05) is 6.54 Å². The first kappa shape index (κ1) is 11.6. The second-order valence-electron chi connectivity index (χ2n) is 4.58. The summed E-state index contributed by atoms with van der Waals surface area (Å²) >= 11 is 0. The SMILES string of the molecule is CCCn1cncc1COC1CC(CN)C1. The number of hydrogen-bond acceptors (Lipinski definition) is 3. The largest absolute Gasteiger partial charge is 0.372 e. The van der Waals surface area contributed by atoms with Crippen LogP contribution in [0.4, 0.5) is 0 Å². The van der Waals surface area contributed by atoms with Gasteiger partial charge in [-0.15, -0.1) is 0 Å². The zero-order valence-electron chi connectivity index (χ0n) is 9.93. The molecular weight excluding hydrogens is 202 g/mol. The third-order valence-electron chi connectivity index (χ3n) is 3.26. The van der Waals surface area contributed by atoms with Crippen LogP contribution in [0, 0.1) is 5.92 Å². The molecule has 1 aromatic rings. The minimum absolute atomic E-state index is 0.415. The van der Waals surface area contributed by atoms with E-state index in [1.54, 1.807) is 0 Å². The second-order valence-corrected chi connectivity index (χ2v) is 4.58. The van der Waals surface area contributed by atoms with Gasteiger partial charge in [0.05, 0.1) is 30.9 Å². The van der Waals surface area contributed by atoms with Crippen molar-refractivity contribution in [1.82, 2.24) is 9.55 Å². The molecule has 1 aliphatic rings. The van der Waals surface area contributed by atoms with Gasteiger partial charge >= 0.3 is 0 Å². The van der Waals surface area contributed by atoms with Gasteiger partial charge in [-0.2, -0.15) is 0 Å². The lowest BCUT2D eigenvalue weighted by molar-refractivity contribution is -0.0396. The molecule has 2 rings (SSSR count). The highest BCUT2D eigenvalue weighted by atomic mass is 16.5. The van der Waals surface area contributed by atoms with E-state index < -0.39 is 0 Å². The summed E-state index contributed by atoms with van der Waals surface area (Å²) in [6.07, 6.45) is 7.57. The Labute approximate surface area is 96.8 Å². The molecule has 0 amide bonds. The van der Waals surface area contributed by atoms with E-state index in [4.69, 9.17) is 10.5 Å². The van der Waals surface area contributed by atoms with Crippen LogP contribution in [0.5, 0.6) is 0 Å². The van der Waals surface area contributed by atoms with Crippen LogP contribution in [-0.4, -0.2) is 22.2 Å². The minimum Gasteiger partial charge on any atom is -0.372 e. The van der Waals surface area contributed by atoms with E-state index in [9.17, 15) is 0 Å². The molecule has 4 heteroatoms. The summed E-state index contributed by atoms with van der Waals surface area (Å²) in [5.74, 6) is 0.686. The standard InChI is InChI=1S/C12H21N3O/c1-2-3-15-9-14-7-11(15)8-16-12-4-10(5-12)6-13/h7,9-10,12H,2-6,8,13H2,1H3. The first-order valence-corrected chi connectivity index (χ1v) is 6.14. The first-order valence-electron chi connectivity index (χ1n) is 6.14. The van der Waals surface area contributed by atoms with E-state index in [0.29, 0.717) is 18.6 Å². The smallest absolute Gasteiger partial charge is 0.0948 e. The van der Waals surface area contributed by atoms with E-state index in [1.165, 1.54) is 5.69 Å². The molecule has 1 fully saturated rings. The van der Waals surface area contributed by atoms with Gasteiger partial charge in [-0.25, -0.2) is 4.98 Å². The normalized spacial score (nSPS) is 24.4. The second kappa shape index (κ2) is 5.46. The molecule has 0 spiro atoms. The molecule has 1 aromatic heterocycles. The van der Waals surface area contributed by atoms with Crippen molar-refractivity contribution >= 4 is 0 Å². The van der Waals surface area contributed by atoms with Gasteiger partial charge in [0, 0.05) is 6.54 Å². The van der Waals surface area contributed by atoms with Gasteiger partial charge in [-0.1, -0.05) is 6.92 Å². The average molecular weight is 223 g/mol. The van der Waals surface area contributed by atoms with Crippen molar-refractivity contribution in [2.45, 2.75) is 45.4 Å². The zero-order valence-corrected chi connectivity index (χ0v) is 9.93. The van der Waals surface area contributed by atoms with Crippen LogP contribution in [-0.2, 0) is 17.9 Å². The minimum atomic E-state index is 0.415. The van der Waals surface area contributed by atoms with E-state index in [1.807, 2.05) is 12.5 Å². The Hall–Kier alpha value is -0.870.